The third kappa shape index (κ3) is 15.9. The van der Waals surface area contributed by atoms with Crippen LogP contribution >= 0.6 is 0 Å². The first-order valence-corrected chi connectivity index (χ1v) is 8.43. The lowest BCUT2D eigenvalue weighted by atomic mass is 10.2. The minimum absolute atomic E-state index is 0. The first kappa shape index (κ1) is 22.2. The van der Waals surface area contributed by atoms with E-state index in [9.17, 15) is 9.18 Å². The summed E-state index contributed by atoms with van der Waals surface area (Å²) >= 11 is 0. The van der Waals surface area contributed by atoms with Crippen molar-refractivity contribution >= 4 is 5.91 Å². The van der Waals surface area contributed by atoms with Crippen LogP contribution in [0.2, 0.25) is 0 Å². The summed E-state index contributed by atoms with van der Waals surface area (Å²) in [5.74, 6) is -0.253. The molecule has 0 heterocycles. The summed E-state index contributed by atoms with van der Waals surface area (Å²) < 4.78 is 29.4. The van der Waals surface area contributed by atoms with Gasteiger partial charge in [0.15, 0.2) is 0 Å². The van der Waals surface area contributed by atoms with Crippen molar-refractivity contribution in [2.45, 2.75) is 33.4 Å². The van der Waals surface area contributed by atoms with E-state index in [0.717, 1.165) is 13.1 Å². The van der Waals surface area contributed by atoms with Crippen LogP contribution in [0.3, 0.4) is 0 Å². The zero-order valence-corrected chi connectivity index (χ0v) is 14.7. The first-order chi connectivity index (χ1) is 11.1. The summed E-state index contributed by atoms with van der Waals surface area (Å²) in [6.07, 6.45) is -0.810. The van der Waals surface area contributed by atoms with Gasteiger partial charge in [-0.25, -0.2) is 4.39 Å². The van der Waals surface area contributed by atoms with Crippen molar-refractivity contribution in [3.63, 3.8) is 0 Å². The van der Waals surface area contributed by atoms with E-state index in [-0.39, 0.29) is 27.6 Å². The summed E-state index contributed by atoms with van der Waals surface area (Å²) in [6.45, 7) is 10.4. The molecule has 0 saturated carbocycles. The molecule has 0 bridgehead atoms. The van der Waals surface area contributed by atoms with Gasteiger partial charge in [-0.15, -0.1) is 0 Å². The SMILES string of the molecule is CCNCCOCCOCCOCCC(F)CNC(=O)C(C)C.[HH].[HH]. The van der Waals surface area contributed by atoms with Crippen molar-refractivity contribution in [2.75, 3.05) is 59.3 Å². The van der Waals surface area contributed by atoms with Gasteiger partial charge < -0.3 is 24.8 Å². The van der Waals surface area contributed by atoms with E-state index in [1.54, 1.807) is 13.8 Å². The van der Waals surface area contributed by atoms with E-state index in [2.05, 4.69) is 17.6 Å². The average Bonchev–Trinajstić information content (AvgIpc) is 2.53. The molecule has 0 aromatic carbocycles. The number of hydrogen-bond acceptors (Lipinski definition) is 5. The standard InChI is InChI=1S/C16H33FN2O4.2H2/c1-4-18-6-8-22-10-12-23-11-9-21-7-5-15(17)13-19-16(20)14(2)3;;/h14-15,18H,4-13H2,1-3H3,(H,19,20);2*1H. The predicted octanol–water partition coefficient (Wildman–Crippen LogP) is 1.64. The van der Waals surface area contributed by atoms with E-state index < -0.39 is 6.17 Å². The van der Waals surface area contributed by atoms with Crippen LogP contribution in [0.15, 0.2) is 0 Å². The number of hydrogen-bond donors (Lipinski definition) is 2. The van der Waals surface area contributed by atoms with Crippen LogP contribution in [0.25, 0.3) is 0 Å². The summed E-state index contributed by atoms with van der Waals surface area (Å²) in [4.78, 5) is 11.3. The fraction of sp³-hybridized carbons (Fsp3) is 0.938. The zero-order valence-electron chi connectivity index (χ0n) is 14.7. The third-order valence-electron chi connectivity index (χ3n) is 3.01. The second-order valence-corrected chi connectivity index (χ2v) is 5.48. The number of rotatable bonds is 16. The van der Waals surface area contributed by atoms with Crippen molar-refractivity contribution in [1.82, 2.24) is 10.6 Å². The average molecular weight is 340 g/mol. The Morgan fingerprint density at radius 2 is 1.61 bits per heavy atom. The van der Waals surface area contributed by atoms with E-state index in [4.69, 9.17) is 14.2 Å². The largest absolute Gasteiger partial charge is 0.379 e. The lowest BCUT2D eigenvalue weighted by Gasteiger charge is -2.12. The van der Waals surface area contributed by atoms with Gasteiger partial charge in [0.05, 0.1) is 33.0 Å². The smallest absolute Gasteiger partial charge is 0.222 e. The molecule has 1 amide bonds. The van der Waals surface area contributed by atoms with Gasteiger partial charge in [-0.3, -0.25) is 4.79 Å². The van der Waals surface area contributed by atoms with Crippen LogP contribution in [-0.4, -0.2) is 71.4 Å². The summed E-state index contributed by atoms with van der Waals surface area (Å²) in [5, 5.41) is 5.73. The van der Waals surface area contributed by atoms with Crippen molar-refractivity contribution in [3.8, 4) is 0 Å². The van der Waals surface area contributed by atoms with Crippen LogP contribution in [-0.2, 0) is 19.0 Å². The highest BCUT2D eigenvalue weighted by Gasteiger charge is 2.11. The highest BCUT2D eigenvalue weighted by molar-refractivity contribution is 5.77. The maximum Gasteiger partial charge on any atom is 0.222 e. The molecule has 0 saturated heterocycles. The van der Waals surface area contributed by atoms with Crippen LogP contribution in [0, 0.1) is 5.92 Å². The molecule has 0 aliphatic heterocycles. The topological polar surface area (TPSA) is 68.8 Å². The Hall–Kier alpha value is -0.760. The van der Waals surface area contributed by atoms with Crippen molar-refractivity contribution in [2.24, 2.45) is 5.92 Å². The molecule has 1 atom stereocenters. The number of carbonyl (C=O) groups is 1. The normalized spacial score (nSPS) is 12.6. The zero-order chi connectivity index (χ0) is 17.3. The van der Waals surface area contributed by atoms with Crippen molar-refractivity contribution in [1.29, 1.82) is 0 Å². The molecule has 0 fully saturated rings. The number of amides is 1. The fourth-order valence-electron chi connectivity index (χ4n) is 1.59. The molecular formula is C16H37FN2O4. The van der Waals surface area contributed by atoms with Gasteiger partial charge in [-0.1, -0.05) is 20.8 Å². The maximum absolute atomic E-state index is 13.5. The van der Waals surface area contributed by atoms with E-state index in [0.29, 0.717) is 39.6 Å². The highest BCUT2D eigenvalue weighted by Crippen LogP contribution is 1.98. The van der Waals surface area contributed by atoms with E-state index in [1.165, 1.54) is 0 Å². The molecule has 0 radical (unpaired) electrons. The monoisotopic (exact) mass is 340 g/mol. The molecule has 0 aromatic rings. The van der Waals surface area contributed by atoms with Crippen LogP contribution in [0.5, 0.6) is 0 Å². The molecule has 6 nitrogen and oxygen atoms in total. The van der Waals surface area contributed by atoms with Gasteiger partial charge >= 0.3 is 0 Å². The molecule has 23 heavy (non-hydrogen) atoms. The molecule has 2 N–H and O–H groups in total. The number of ether oxygens (including phenoxy) is 3. The fourth-order valence-corrected chi connectivity index (χ4v) is 1.59. The second-order valence-electron chi connectivity index (χ2n) is 5.48. The Labute approximate surface area is 142 Å². The van der Waals surface area contributed by atoms with Crippen LogP contribution < -0.4 is 10.6 Å². The number of likely N-dealkylation sites (N-methyl/N-ethyl adjacent to an activating group) is 1. The number of halogens is 1. The Morgan fingerprint density at radius 3 is 2.17 bits per heavy atom. The molecule has 0 aliphatic carbocycles. The lowest BCUT2D eigenvalue weighted by Crippen LogP contribution is -2.33. The Morgan fingerprint density at radius 1 is 1.04 bits per heavy atom. The van der Waals surface area contributed by atoms with Crippen LogP contribution in [0.4, 0.5) is 4.39 Å². The van der Waals surface area contributed by atoms with Gasteiger partial charge in [0.2, 0.25) is 5.91 Å². The second kappa shape index (κ2) is 16.1. The highest BCUT2D eigenvalue weighted by atomic mass is 19.1. The van der Waals surface area contributed by atoms with Gasteiger partial charge in [0, 0.05) is 34.9 Å². The molecule has 0 aliphatic rings. The lowest BCUT2D eigenvalue weighted by molar-refractivity contribution is -0.124. The third-order valence-corrected chi connectivity index (χ3v) is 3.01. The molecule has 142 valence electrons. The minimum Gasteiger partial charge on any atom is -0.379 e. The first-order valence-electron chi connectivity index (χ1n) is 8.43. The van der Waals surface area contributed by atoms with Gasteiger partial charge in [-0.05, 0) is 6.54 Å². The molecule has 0 rings (SSSR count). The molecule has 0 spiro atoms. The quantitative estimate of drug-likeness (QED) is 0.418. The van der Waals surface area contributed by atoms with Crippen molar-refractivity contribution in [3.05, 3.63) is 0 Å². The minimum atomic E-state index is -1.08. The molecule has 7 heteroatoms. The van der Waals surface area contributed by atoms with E-state index in [1.807, 2.05) is 0 Å². The summed E-state index contributed by atoms with van der Waals surface area (Å²) in [6, 6.07) is 0. The summed E-state index contributed by atoms with van der Waals surface area (Å²) in [5.41, 5.74) is 0. The van der Waals surface area contributed by atoms with Gasteiger partial charge in [0.1, 0.15) is 6.17 Å². The molecule has 1 unspecified atom stereocenters. The molecule has 0 aromatic heterocycles. The Balaban J connectivity index is -0.00000242. The Kier molecular flexibility index (Phi) is 15.6. The molecular weight excluding hydrogens is 303 g/mol. The van der Waals surface area contributed by atoms with E-state index >= 15 is 0 Å². The van der Waals surface area contributed by atoms with Gasteiger partial charge in [0.25, 0.3) is 0 Å². The van der Waals surface area contributed by atoms with Gasteiger partial charge in [-0.2, -0.15) is 0 Å². The maximum atomic E-state index is 13.5. The number of alkyl halides is 1. The van der Waals surface area contributed by atoms with Crippen molar-refractivity contribution < 1.29 is 26.2 Å². The number of carbonyl (C=O) groups excluding carboxylic acids is 1. The number of nitrogens with one attached hydrogen (secondary N) is 2. The van der Waals surface area contributed by atoms with Crippen LogP contribution in [0.1, 0.15) is 30.0 Å². The Bertz CT molecular complexity index is 291. The summed E-state index contributed by atoms with van der Waals surface area (Å²) in [7, 11) is 0. The predicted molar refractivity (Wildman–Crippen MR) is 92.6 cm³/mol.